The van der Waals surface area contributed by atoms with Gasteiger partial charge in [0.1, 0.15) is 12.3 Å². The van der Waals surface area contributed by atoms with Gasteiger partial charge in [0.15, 0.2) is 9.84 Å². The lowest BCUT2D eigenvalue weighted by Gasteiger charge is -2.19. The van der Waals surface area contributed by atoms with Crippen molar-refractivity contribution in [3.8, 4) is 23.7 Å². The fourth-order valence-electron chi connectivity index (χ4n) is 3.42. The summed E-state index contributed by atoms with van der Waals surface area (Å²) in [5.41, 5.74) is 2.86. The summed E-state index contributed by atoms with van der Waals surface area (Å²) in [6.07, 6.45) is 0. The van der Waals surface area contributed by atoms with Crippen LogP contribution in [-0.4, -0.2) is 52.6 Å². The van der Waals surface area contributed by atoms with Gasteiger partial charge in [-0.1, -0.05) is 71.2 Å². The van der Waals surface area contributed by atoms with Gasteiger partial charge in [-0.05, 0) is 57.2 Å². The zero-order valence-electron chi connectivity index (χ0n) is 22.0. The molecule has 7 nitrogen and oxygen atoms in total. The van der Waals surface area contributed by atoms with Crippen LogP contribution in [0.1, 0.15) is 29.2 Å². The number of esters is 1. The number of carbonyl (C=O) groups excluding carboxylic acids is 1. The Labute approximate surface area is 230 Å². The highest BCUT2D eigenvalue weighted by molar-refractivity contribution is 7.91. The predicted octanol–water partition coefficient (Wildman–Crippen LogP) is 3.73. The highest BCUT2D eigenvalue weighted by Crippen LogP contribution is 2.17. The van der Waals surface area contributed by atoms with Crippen molar-refractivity contribution in [1.29, 1.82) is 0 Å². The number of hydrogen-bond acceptors (Lipinski definition) is 6. The molecule has 0 atom stereocenters. The Bertz CT molecular complexity index is 1650. The van der Waals surface area contributed by atoms with Gasteiger partial charge >= 0.3 is 5.97 Å². The van der Waals surface area contributed by atoms with Gasteiger partial charge in [-0.2, -0.15) is 4.31 Å². The molecule has 0 bridgehead atoms. The number of sulfone groups is 1. The number of benzene rings is 3. The number of carbonyl (C=O) groups is 1. The van der Waals surface area contributed by atoms with Crippen LogP contribution < -0.4 is 0 Å². The quantitative estimate of drug-likeness (QED) is 0.306. The third kappa shape index (κ3) is 8.30. The zero-order valence-corrected chi connectivity index (χ0v) is 23.6. The summed E-state index contributed by atoms with van der Waals surface area (Å²) in [4.78, 5) is 12.4. The second-order valence-corrected chi connectivity index (χ2v) is 12.5. The molecule has 3 rings (SSSR count). The highest BCUT2D eigenvalue weighted by Gasteiger charge is 2.26. The molecule has 0 heterocycles. The average Bonchev–Trinajstić information content (AvgIpc) is 2.89. The summed E-state index contributed by atoms with van der Waals surface area (Å²) in [6.45, 7) is 4.73. The first-order valence-corrected chi connectivity index (χ1v) is 15.2. The summed E-state index contributed by atoms with van der Waals surface area (Å²) in [5, 5.41) is 0. The average molecular weight is 564 g/mol. The largest absolute Gasteiger partial charge is 0.465 e. The van der Waals surface area contributed by atoms with Crippen LogP contribution >= 0.6 is 0 Å². The maximum Gasteiger partial charge on any atom is 0.321 e. The van der Waals surface area contributed by atoms with Crippen molar-refractivity contribution in [2.75, 3.05) is 25.4 Å². The molecule has 0 aliphatic carbocycles. The third-order valence-electron chi connectivity index (χ3n) is 5.54. The Morgan fingerprint density at radius 3 is 1.82 bits per heavy atom. The van der Waals surface area contributed by atoms with E-state index in [0.717, 1.165) is 15.4 Å². The first-order valence-electron chi connectivity index (χ1n) is 12.1. The SMILES string of the molecule is CCOC(=O)CN(CC#Cc1ccccc1C#CCS(=O)(=O)c1ccc(C)cc1)S(=O)(=O)c1ccc(C)cc1. The van der Waals surface area contributed by atoms with Gasteiger partial charge < -0.3 is 4.74 Å². The monoisotopic (exact) mass is 563 g/mol. The summed E-state index contributed by atoms with van der Waals surface area (Å²) < 4.78 is 57.6. The molecule has 0 N–H and O–H groups in total. The van der Waals surface area contributed by atoms with Crippen LogP contribution in [0.3, 0.4) is 0 Å². The molecule has 0 saturated heterocycles. The molecule has 0 aromatic heterocycles. The topological polar surface area (TPSA) is 97.8 Å². The molecular formula is C30H29NO6S2. The molecule has 0 spiro atoms. The number of aryl methyl sites for hydroxylation is 2. The van der Waals surface area contributed by atoms with Crippen LogP contribution in [0.25, 0.3) is 0 Å². The standard InChI is InChI=1S/C30H29NO6S2/c1-4-37-30(32)23-31(39(35,36)29-19-15-25(3)16-20-29)21-7-11-26-9-5-6-10-27(26)12-8-22-38(33,34)28-17-13-24(2)14-18-28/h5-6,9-10,13-20H,4,21-23H2,1-3H3. The van der Waals surface area contributed by atoms with Crippen molar-refractivity contribution in [2.24, 2.45) is 0 Å². The molecule has 9 heteroatoms. The maximum absolute atomic E-state index is 13.2. The number of rotatable bonds is 8. The van der Waals surface area contributed by atoms with Crippen molar-refractivity contribution in [3.63, 3.8) is 0 Å². The normalized spacial score (nSPS) is 11.2. The Morgan fingerprint density at radius 2 is 1.28 bits per heavy atom. The van der Waals surface area contributed by atoms with Crippen LogP contribution in [0.4, 0.5) is 0 Å². The minimum Gasteiger partial charge on any atom is -0.465 e. The Hall–Kier alpha value is -3.89. The lowest BCUT2D eigenvalue weighted by atomic mass is 10.1. The molecule has 0 saturated carbocycles. The zero-order chi connectivity index (χ0) is 28.5. The summed E-state index contributed by atoms with van der Waals surface area (Å²) in [6, 6.07) is 19.8. The lowest BCUT2D eigenvalue weighted by molar-refractivity contribution is -0.143. The molecule has 0 aliphatic rings. The first kappa shape index (κ1) is 29.7. The molecule has 0 fully saturated rings. The number of sulfonamides is 1. The lowest BCUT2D eigenvalue weighted by Crippen LogP contribution is -2.36. The van der Waals surface area contributed by atoms with Gasteiger partial charge in [0.25, 0.3) is 0 Å². The van der Waals surface area contributed by atoms with E-state index in [1.165, 1.54) is 12.1 Å². The van der Waals surface area contributed by atoms with Gasteiger partial charge in [0.05, 0.1) is 22.9 Å². The smallest absolute Gasteiger partial charge is 0.321 e. The third-order valence-corrected chi connectivity index (χ3v) is 8.86. The minimum atomic E-state index is -4.02. The number of ether oxygens (including phenoxy) is 1. The van der Waals surface area contributed by atoms with E-state index in [1.54, 1.807) is 67.6 Å². The molecule has 0 unspecified atom stereocenters. The van der Waals surface area contributed by atoms with E-state index < -0.39 is 32.4 Å². The van der Waals surface area contributed by atoms with Crippen LogP contribution in [0.15, 0.2) is 82.6 Å². The van der Waals surface area contributed by atoms with E-state index in [-0.39, 0.29) is 28.7 Å². The molecule has 39 heavy (non-hydrogen) atoms. The molecule has 3 aromatic rings. The fraction of sp³-hybridized carbons (Fsp3) is 0.233. The highest BCUT2D eigenvalue weighted by atomic mass is 32.2. The maximum atomic E-state index is 13.2. The summed E-state index contributed by atoms with van der Waals surface area (Å²) in [5.74, 6) is 10.3. The molecule has 0 radical (unpaired) electrons. The van der Waals surface area contributed by atoms with Gasteiger partial charge in [0, 0.05) is 11.1 Å². The van der Waals surface area contributed by atoms with E-state index in [4.69, 9.17) is 4.74 Å². The minimum absolute atomic E-state index is 0.0419. The second-order valence-electron chi connectivity index (χ2n) is 8.61. The van der Waals surface area contributed by atoms with Crippen molar-refractivity contribution in [1.82, 2.24) is 4.31 Å². The summed E-state index contributed by atoms with van der Waals surface area (Å²) >= 11 is 0. The van der Waals surface area contributed by atoms with Gasteiger partial charge in [-0.25, -0.2) is 16.8 Å². The summed E-state index contributed by atoms with van der Waals surface area (Å²) in [7, 11) is -7.60. The fourth-order valence-corrected chi connectivity index (χ4v) is 5.68. The first-order chi connectivity index (χ1) is 18.5. The Morgan fingerprint density at radius 1 is 0.769 bits per heavy atom. The van der Waals surface area contributed by atoms with Crippen molar-refractivity contribution in [2.45, 2.75) is 30.6 Å². The Kier molecular flexibility index (Phi) is 10.1. The van der Waals surface area contributed by atoms with E-state index in [9.17, 15) is 21.6 Å². The van der Waals surface area contributed by atoms with Crippen molar-refractivity contribution in [3.05, 3.63) is 95.1 Å². The van der Waals surface area contributed by atoms with Crippen LogP contribution in [0, 0.1) is 37.5 Å². The van der Waals surface area contributed by atoms with Gasteiger partial charge in [0.2, 0.25) is 10.0 Å². The Balaban J connectivity index is 1.83. The van der Waals surface area contributed by atoms with Gasteiger partial charge in [-0.3, -0.25) is 4.79 Å². The van der Waals surface area contributed by atoms with E-state index in [0.29, 0.717) is 11.1 Å². The van der Waals surface area contributed by atoms with E-state index >= 15 is 0 Å². The molecular weight excluding hydrogens is 534 g/mol. The van der Waals surface area contributed by atoms with E-state index in [2.05, 4.69) is 23.7 Å². The molecule has 0 aliphatic heterocycles. The van der Waals surface area contributed by atoms with E-state index in [1.807, 2.05) is 13.8 Å². The predicted molar refractivity (Wildman–Crippen MR) is 150 cm³/mol. The molecule has 202 valence electrons. The second kappa shape index (κ2) is 13.3. The van der Waals surface area contributed by atoms with Crippen molar-refractivity contribution >= 4 is 25.8 Å². The van der Waals surface area contributed by atoms with Crippen LogP contribution in [0.5, 0.6) is 0 Å². The molecule has 3 aromatic carbocycles. The van der Waals surface area contributed by atoms with Crippen LogP contribution in [-0.2, 0) is 29.4 Å². The number of hydrogen-bond donors (Lipinski definition) is 0. The van der Waals surface area contributed by atoms with Gasteiger partial charge in [-0.15, -0.1) is 0 Å². The van der Waals surface area contributed by atoms with Crippen molar-refractivity contribution < 1.29 is 26.4 Å². The number of nitrogens with zero attached hydrogens (tertiary/aromatic N) is 1. The molecule has 0 amide bonds. The van der Waals surface area contributed by atoms with Crippen LogP contribution in [0.2, 0.25) is 0 Å².